The molecule has 176 valence electrons. The molecule has 0 bridgehead atoms. The Morgan fingerprint density at radius 2 is 1.13 bits per heavy atom. The van der Waals surface area contributed by atoms with Crippen molar-refractivity contribution in [2.24, 2.45) is 0 Å². The van der Waals surface area contributed by atoms with E-state index in [1.165, 1.54) is 59.6 Å². The van der Waals surface area contributed by atoms with E-state index in [9.17, 15) is 0 Å². The molecule has 0 saturated carbocycles. The molecule has 0 spiro atoms. The second-order valence-corrected chi connectivity index (χ2v) is 10.2. The number of hydrogen-bond acceptors (Lipinski definition) is 1. The van der Waals surface area contributed by atoms with Crippen LogP contribution in [0.1, 0.15) is 0 Å². The quantitative estimate of drug-likeness (QED) is 0.231. The van der Waals surface area contributed by atoms with Gasteiger partial charge in [-0.15, -0.1) is 0 Å². The molecule has 0 atom stereocenters. The van der Waals surface area contributed by atoms with Gasteiger partial charge in [0.15, 0.2) is 0 Å². The molecule has 0 amide bonds. The largest absolute Gasteiger partial charge is 0.456 e. The highest BCUT2D eigenvalue weighted by molar-refractivity contribution is 6.32. The Hall–Kier alpha value is -5.08. The lowest BCUT2D eigenvalue weighted by atomic mass is 9.95. The number of H-pyrrole nitrogens is 1. The Kier molecular flexibility index (Phi) is 3.82. The van der Waals surface area contributed by atoms with E-state index in [0.29, 0.717) is 0 Å². The molecule has 0 saturated heterocycles. The Morgan fingerprint density at radius 1 is 0.421 bits per heavy atom. The van der Waals surface area contributed by atoms with Gasteiger partial charge in [0.05, 0.1) is 11.0 Å². The minimum absolute atomic E-state index is 0.915. The fraction of sp³-hybridized carbons (Fsp3) is 0. The molecule has 9 rings (SSSR count). The van der Waals surface area contributed by atoms with Gasteiger partial charge in [0, 0.05) is 32.5 Å². The van der Waals surface area contributed by atoms with E-state index in [1.54, 1.807) is 0 Å². The highest BCUT2D eigenvalue weighted by Gasteiger charge is 2.17. The molecule has 38 heavy (non-hydrogen) atoms. The summed E-state index contributed by atoms with van der Waals surface area (Å²) in [5, 5.41) is 12.4. The number of para-hydroxylation sites is 1. The lowest BCUT2D eigenvalue weighted by Gasteiger charge is -2.07. The molecular formula is C36H21NO. The van der Waals surface area contributed by atoms with Crippen molar-refractivity contribution >= 4 is 76.1 Å². The van der Waals surface area contributed by atoms with Gasteiger partial charge in [0.2, 0.25) is 0 Å². The number of aromatic amines is 1. The van der Waals surface area contributed by atoms with Gasteiger partial charge < -0.3 is 9.40 Å². The van der Waals surface area contributed by atoms with E-state index in [-0.39, 0.29) is 0 Å². The molecule has 2 heterocycles. The van der Waals surface area contributed by atoms with Gasteiger partial charge in [-0.2, -0.15) is 0 Å². The van der Waals surface area contributed by atoms with E-state index >= 15 is 0 Å². The van der Waals surface area contributed by atoms with E-state index in [4.69, 9.17) is 4.42 Å². The number of aromatic nitrogens is 1. The minimum atomic E-state index is 0.915. The zero-order valence-corrected chi connectivity index (χ0v) is 20.5. The summed E-state index contributed by atoms with van der Waals surface area (Å²) in [6.45, 7) is 0. The molecule has 9 aromatic rings. The lowest BCUT2D eigenvalue weighted by Crippen LogP contribution is -1.80. The van der Waals surface area contributed by atoms with E-state index in [2.05, 4.69) is 126 Å². The first-order chi connectivity index (χ1) is 18.8. The van der Waals surface area contributed by atoms with E-state index in [1.807, 2.05) is 0 Å². The zero-order chi connectivity index (χ0) is 24.8. The molecule has 0 radical (unpaired) electrons. The van der Waals surface area contributed by atoms with Crippen LogP contribution in [0.3, 0.4) is 0 Å². The van der Waals surface area contributed by atoms with Crippen molar-refractivity contribution in [1.82, 2.24) is 4.98 Å². The van der Waals surface area contributed by atoms with Crippen molar-refractivity contribution in [3.05, 3.63) is 121 Å². The van der Waals surface area contributed by atoms with Gasteiger partial charge >= 0.3 is 0 Å². The van der Waals surface area contributed by atoms with Crippen LogP contribution in [0.2, 0.25) is 0 Å². The van der Waals surface area contributed by atoms with Gasteiger partial charge in [0.25, 0.3) is 0 Å². The van der Waals surface area contributed by atoms with Crippen molar-refractivity contribution in [2.75, 3.05) is 0 Å². The fourth-order valence-corrected chi connectivity index (χ4v) is 6.53. The predicted molar refractivity (Wildman–Crippen MR) is 161 cm³/mol. The van der Waals surface area contributed by atoms with Gasteiger partial charge in [-0.1, -0.05) is 103 Å². The van der Waals surface area contributed by atoms with Crippen molar-refractivity contribution in [1.29, 1.82) is 0 Å². The number of nitrogens with one attached hydrogen (secondary N) is 1. The molecule has 2 nitrogen and oxygen atoms in total. The predicted octanol–water partition coefficient (Wildman–Crippen LogP) is 10.3. The summed E-state index contributed by atoms with van der Waals surface area (Å²) < 4.78 is 6.40. The summed E-state index contributed by atoms with van der Waals surface area (Å²) in [5.74, 6) is 0. The Morgan fingerprint density at radius 3 is 2.00 bits per heavy atom. The third-order valence-electron chi connectivity index (χ3n) is 8.19. The number of rotatable bonds is 1. The molecule has 0 aliphatic carbocycles. The second kappa shape index (κ2) is 7.24. The summed E-state index contributed by atoms with van der Waals surface area (Å²) in [6.07, 6.45) is 0. The third kappa shape index (κ3) is 2.56. The smallest absolute Gasteiger partial charge is 0.136 e. The van der Waals surface area contributed by atoms with Crippen LogP contribution < -0.4 is 0 Å². The number of hydrogen-bond donors (Lipinski definition) is 1. The summed E-state index contributed by atoms with van der Waals surface area (Å²) in [7, 11) is 0. The summed E-state index contributed by atoms with van der Waals surface area (Å²) in [6, 6.07) is 43.5. The highest BCUT2D eigenvalue weighted by Crippen LogP contribution is 2.42. The molecule has 7 aromatic carbocycles. The molecule has 1 N–H and O–H groups in total. The van der Waals surface area contributed by atoms with E-state index < -0.39 is 0 Å². The van der Waals surface area contributed by atoms with Gasteiger partial charge in [-0.25, -0.2) is 0 Å². The number of fused-ring (bicyclic) bond motifs is 13. The average Bonchev–Trinajstić information content (AvgIpc) is 3.56. The maximum Gasteiger partial charge on any atom is 0.136 e. The Labute approximate surface area is 217 Å². The van der Waals surface area contributed by atoms with Crippen LogP contribution >= 0.6 is 0 Å². The Balaban J connectivity index is 1.36. The fourth-order valence-electron chi connectivity index (χ4n) is 6.53. The van der Waals surface area contributed by atoms with Crippen LogP contribution in [0.5, 0.6) is 0 Å². The molecule has 0 aliphatic rings. The summed E-state index contributed by atoms with van der Waals surface area (Å²) in [4.78, 5) is 3.85. The van der Waals surface area contributed by atoms with Crippen LogP contribution in [0.15, 0.2) is 126 Å². The minimum Gasteiger partial charge on any atom is -0.456 e. The summed E-state index contributed by atoms with van der Waals surface area (Å²) >= 11 is 0. The second-order valence-electron chi connectivity index (χ2n) is 10.2. The number of benzene rings is 7. The molecule has 2 heteroatoms. The lowest BCUT2D eigenvalue weighted by molar-refractivity contribution is 0.669. The normalized spacial score (nSPS) is 12.2. The molecule has 0 unspecified atom stereocenters. The first-order valence-electron chi connectivity index (χ1n) is 13.0. The maximum atomic E-state index is 6.40. The molecule has 0 aliphatic heterocycles. The van der Waals surface area contributed by atoms with Crippen LogP contribution in [0.4, 0.5) is 0 Å². The van der Waals surface area contributed by atoms with Crippen LogP contribution in [0, 0.1) is 0 Å². The monoisotopic (exact) mass is 483 g/mol. The van der Waals surface area contributed by atoms with Crippen molar-refractivity contribution < 1.29 is 4.42 Å². The van der Waals surface area contributed by atoms with Crippen molar-refractivity contribution in [3.8, 4) is 11.1 Å². The van der Waals surface area contributed by atoms with Gasteiger partial charge in [-0.3, -0.25) is 0 Å². The van der Waals surface area contributed by atoms with Gasteiger partial charge in [-0.05, 0) is 50.7 Å². The average molecular weight is 484 g/mol. The SMILES string of the molecule is c1ccc2c(c1)ccc1oc3cc(-c4cccc5c4[nH]c4c6ccccc6c6ccccc6c54)ccc3c12. The Bertz CT molecular complexity index is 2400. The summed E-state index contributed by atoms with van der Waals surface area (Å²) in [5.41, 5.74) is 6.52. The molecular weight excluding hydrogens is 462 g/mol. The van der Waals surface area contributed by atoms with Crippen LogP contribution in [0.25, 0.3) is 87.2 Å². The maximum absolute atomic E-state index is 6.40. The molecule has 0 fully saturated rings. The van der Waals surface area contributed by atoms with Crippen molar-refractivity contribution in [2.45, 2.75) is 0 Å². The topological polar surface area (TPSA) is 28.9 Å². The standard InChI is InChI=1S/C36H21NO/c1-2-9-23-21(8-1)17-19-31-33(23)29-18-16-22(20-32(29)38-31)24-14-7-15-30-34-27-12-5-3-10-25(27)26-11-4-6-13-28(26)36(34)37-35(24)30/h1-20,37H. The third-order valence-corrected chi connectivity index (χ3v) is 8.19. The van der Waals surface area contributed by atoms with Crippen LogP contribution in [-0.2, 0) is 0 Å². The van der Waals surface area contributed by atoms with Crippen LogP contribution in [-0.4, -0.2) is 4.98 Å². The van der Waals surface area contributed by atoms with Crippen molar-refractivity contribution in [3.63, 3.8) is 0 Å². The highest BCUT2D eigenvalue weighted by atomic mass is 16.3. The number of furan rings is 1. The van der Waals surface area contributed by atoms with Gasteiger partial charge in [0.1, 0.15) is 11.2 Å². The van der Waals surface area contributed by atoms with E-state index in [0.717, 1.165) is 27.6 Å². The molecule has 2 aromatic heterocycles. The first kappa shape index (κ1) is 20.0. The first-order valence-corrected chi connectivity index (χ1v) is 13.0. The zero-order valence-electron chi connectivity index (χ0n) is 20.5.